The zero-order valence-corrected chi connectivity index (χ0v) is 9.07. The van der Waals surface area contributed by atoms with Crippen molar-refractivity contribution < 1.29 is 4.79 Å². The molecule has 0 bridgehead atoms. The van der Waals surface area contributed by atoms with E-state index in [-0.39, 0.29) is 0 Å². The third-order valence-electron chi connectivity index (χ3n) is 2.31. The molecule has 0 radical (unpaired) electrons. The maximum Gasteiger partial charge on any atom is 0.211 e. The molecule has 2 N–H and O–H groups in total. The molecule has 0 saturated carbocycles. The average molecular weight is 206 g/mol. The Kier molecular flexibility index (Phi) is 5.48. The molecule has 3 heteroatoms. The number of para-hydroxylation sites is 1. The molecule has 0 spiro atoms. The normalized spacial score (nSPS) is 18.9. The summed E-state index contributed by atoms with van der Waals surface area (Å²) < 4.78 is 0. The Morgan fingerprint density at radius 2 is 2.13 bits per heavy atom. The van der Waals surface area contributed by atoms with Crippen molar-refractivity contribution in [2.45, 2.75) is 25.8 Å². The van der Waals surface area contributed by atoms with Crippen LogP contribution in [0.2, 0.25) is 0 Å². The summed E-state index contributed by atoms with van der Waals surface area (Å²) in [5.41, 5.74) is 0.826. The Hall–Kier alpha value is -1.35. The van der Waals surface area contributed by atoms with Gasteiger partial charge in [-0.1, -0.05) is 18.2 Å². The van der Waals surface area contributed by atoms with Gasteiger partial charge in [0.05, 0.1) is 0 Å². The Morgan fingerprint density at radius 1 is 1.40 bits per heavy atom. The standard InChI is InChI=1S/C7H7NO.C5H11N/c9-6-8-7-4-2-1-3-5-7;1-5-3-2-4-6-5/h1-6H,(H,8,9);5-6H,2-4H2,1H3. The predicted octanol–water partition coefficient (Wildman–Crippen LogP) is 2.01. The van der Waals surface area contributed by atoms with Crippen molar-refractivity contribution in [3.63, 3.8) is 0 Å². The first-order chi connectivity index (χ1) is 7.33. The number of hydrogen-bond acceptors (Lipinski definition) is 2. The quantitative estimate of drug-likeness (QED) is 0.727. The highest BCUT2D eigenvalue weighted by Gasteiger charge is 2.05. The molecule has 1 aromatic rings. The number of nitrogens with one attached hydrogen (secondary N) is 2. The summed E-state index contributed by atoms with van der Waals surface area (Å²) in [4.78, 5) is 9.86. The van der Waals surface area contributed by atoms with Gasteiger partial charge in [-0.2, -0.15) is 0 Å². The minimum atomic E-state index is 0.662. The van der Waals surface area contributed by atoms with E-state index in [9.17, 15) is 4.79 Å². The van der Waals surface area contributed by atoms with Gasteiger partial charge >= 0.3 is 0 Å². The average Bonchev–Trinajstić information content (AvgIpc) is 2.72. The molecule has 1 fully saturated rings. The molecule has 82 valence electrons. The molecule has 3 nitrogen and oxygen atoms in total. The molecule has 1 aromatic carbocycles. The molecule has 2 rings (SSSR count). The number of carbonyl (C=O) groups is 1. The van der Waals surface area contributed by atoms with Crippen LogP contribution < -0.4 is 10.6 Å². The molecule has 0 aliphatic carbocycles. The first-order valence-corrected chi connectivity index (χ1v) is 5.31. The van der Waals surface area contributed by atoms with Crippen LogP contribution in [0.5, 0.6) is 0 Å². The van der Waals surface area contributed by atoms with Crippen LogP contribution in [0.1, 0.15) is 19.8 Å². The molecule has 1 heterocycles. The minimum absolute atomic E-state index is 0.662. The van der Waals surface area contributed by atoms with Gasteiger partial charge in [0.15, 0.2) is 0 Å². The highest BCUT2D eigenvalue weighted by Crippen LogP contribution is 2.02. The maximum atomic E-state index is 9.86. The SMILES string of the molecule is CC1CCCN1.O=CNc1ccccc1. The zero-order chi connectivity index (χ0) is 10.9. The molecular formula is C12H18N2O. The summed E-state index contributed by atoms with van der Waals surface area (Å²) in [5.74, 6) is 0. The van der Waals surface area contributed by atoms with Crippen molar-refractivity contribution in [1.82, 2.24) is 5.32 Å². The van der Waals surface area contributed by atoms with Gasteiger partial charge < -0.3 is 10.6 Å². The van der Waals surface area contributed by atoms with Gasteiger partial charge in [0, 0.05) is 11.7 Å². The van der Waals surface area contributed by atoms with Crippen LogP contribution in [0.15, 0.2) is 30.3 Å². The van der Waals surface area contributed by atoms with E-state index in [2.05, 4.69) is 17.6 Å². The zero-order valence-electron chi connectivity index (χ0n) is 9.07. The second-order valence-electron chi connectivity index (χ2n) is 3.63. The summed E-state index contributed by atoms with van der Waals surface area (Å²) in [6.45, 7) is 3.47. The Labute approximate surface area is 90.9 Å². The topological polar surface area (TPSA) is 41.1 Å². The molecule has 1 saturated heterocycles. The fourth-order valence-corrected chi connectivity index (χ4v) is 1.46. The number of carbonyl (C=O) groups excluding carboxylic acids is 1. The second-order valence-corrected chi connectivity index (χ2v) is 3.63. The van der Waals surface area contributed by atoms with Gasteiger partial charge in [-0.25, -0.2) is 0 Å². The first-order valence-electron chi connectivity index (χ1n) is 5.31. The van der Waals surface area contributed by atoms with Crippen LogP contribution in [0, 0.1) is 0 Å². The third kappa shape index (κ3) is 5.18. The number of anilines is 1. The monoisotopic (exact) mass is 206 g/mol. The van der Waals surface area contributed by atoms with Crippen molar-refractivity contribution in [3.05, 3.63) is 30.3 Å². The van der Waals surface area contributed by atoms with Crippen LogP contribution in [0.3, 0.4) is 0 Å². The van der Waals surface area contributed by atoms with Crippen molar-refractivity contribution in [1.29, 1.82) is 0 Å². The first kappa shape index (κ1) is 11.7. The summed E-state index contributed by atoms with van der Waals surface area (Å²) in [6.07, 6.45) is 3.41. The summed E-state index contributed by atoms with van der Waals surface area (Å²) in [6, 6.07) is 10.1. The summed E-state index contributed by atoms with van der Waals surface area (Å²) >= 11 is 0. The van der Waals surface area contributed by atoms with Crippen LogP contribution in [-0.2, 0) is 4.79 Å². The van der Waals surface area contributed by atoms with Gasteiger partial charge in [-0.3, -0.25) is 4.79 Å². The Bertz CT molecular complexity index is 268. The highest BCUT2D eigenvalue weighted by molar-refractivity contribution is 5.70. The predicted molar refractivity (Wildman–Crippen MR) is 62.8 cm³/mol. The maximum absolute atomic E-state index is 9.86. The molecular weight excluding hydrogens is 188 g/mol. The van der Waals surface area contributed by atoms with E-state index in [1.165, 1.54) is 19.4 Å². The van der Waals surface area contributed by atoms with Gasteiger partial charge in [0.25, 0.3) is 0 Å². The van der Waals surface area contributed by atoms with E-state index in [1.807, 2.05) is 30.3 Å². The molecule has 1 aliphatic rings. The fraction of sp³-hybridized carbons (Fsp3) is 0.417. The van der Waals surface area contributed by atoms with E-state index in [0.29, 0.717) is 6.41 Å². The van der Waals surface area contributed by atoms with E-state index >= 15 is 0 Å². The van der Waals surface area contributed by atoms with Crippen LogP contribution in [0.4, 0.5) is 5.69 Å². The van der Waals surface area contributed by atoms with Crippen LogP contribution >= 0.6 is 0 Å². The number of rotatable bonds is 2. The highest BCUT2D eigenvalue weighted by atomic mass is 16.1. The van der Waals surface area contributed by atoms with Gasteiger partial charge in [0.2, 0.25) is 6.41 Å². The molecule has 1 atom stereocenters. The second kappa shape index (κ2) is 7.01. The lowest BCUT2D eigenvalue weighted by Crippen LogP contribution is -2.16. The van der Waals surface area contributed by atoms with E-state index in [4.69, 9.17) is 0 Å². The number of amides is 1. The Balaban J connectivity index is 0.000000162. The number of benzene rings is 1. The molecule has 0 aromatic heterocycles. The largest absolute Gasteiger partial charge is 0.329 e. The van der Waals surface area contributed by atoms with Gasteiger partial charge in [-0.15, -0.1) is 0 Å². The molecule has 1 amide bonds. The van der Waals surface area contributed by atoms with E-state index in [1.54, 1.807) is 0 Å². The van der Waals surface area contributed by atoms with Crippen LogP contribution in [-0.4, -0.2) is 19.0 Å². The van der Waals surface area contributed by atoms with Crippen molar-refractivity contribution in [2.75, 3.05) is 11.9 Å². The van der Waals surface area contributed by atoms with E-state index < -0.39 is 0 Å². The lowest BCUT2D eigenvalue weighted by Gasteiger charge is -1.95. The summed E-state index contributed by atoms with van der Waals surface area (Å²) in [7, 11) is 0. The van der Waals surface area contributed by atoms with Crippen molar-refractivity contribution >= 4 is 12.1 Å². The van der Waals surface area contributed by atoms with Crippen molar-refractivity contribution in [3.8, 4) is 0 Å². The molecule has 1 unspecified atom stereocenters. The lowest BCUT2D eigenvalue weighted by molar-refractivity contribution is -0.105. The van der Waals surface area contributed by atoms with Crippen molar-refractivity contribution in [2.24, 2.45) is 0 Å². The smallest absolute Gasteiger partial charge is 0.211 e. The summed E-state index contributed by atoms with van der Waals surface area (Å²) in [5, 5.41) is 5.85. The Morgan fingerprint density at radius 3 is 2.53 bits per heavy atom. The molecule has 1 aliphatic heterocycles. The van der Waals surface area contributed by atoms with Gasteiger partial charge in [0.1, 0.15) is 0 Å². The van der Waals surface area contributed by atoms with E-state index in [0.717, 1.165) is 11.7 Å². The fourth-order valence-electron chi connectivity index (χ4n) is 1.46. The van der Waals surface area contributed by atoms with Crippen LogP contribution in [0.25, 0.3) is 0 Å². The molecule has 15 heavy (non-hydrogen) atoms. The van der Waals surface area contributed by atoms with Gasteiger partial charge in [-0.05, 0) is 38.4 Å². The lowest BCUT2D eigenvalue weighted by atomic mass is 10.3. The third-order valence-corrected chi connectivity index (χ3v) is 2.31. The minimum Gasteiger partial charge on any atom is -0.329 e. The number of hydrogen-bond donors (Lipinski definition) is 2.